The van der Waals surface area contributed by atoms with Crippen LogP contribution in [0, 0.1) is 20.8 Å². The van der Waals surface area contributed by atoms with Gasteiger partial charge in [0.15, 0.2) is 0 Å². The van der Waals surface area contributed by atoms with Gasteiger partial charge in [-0.2, -0.15) is 10.1 Å². The second kappa shape index (κ2) is 6.66. The number of aryl methyl sites for hydroxylation is 3. The molecule has 6 nitrogen and oxygen atoms in total. The number of hydrogen-bond donors (Lipinski definition) is 2. The van der Waals surface area contributed by atoms with Gasteiger partial charge < -0.3 is 10.6 Å². The van der Waals surface area contributed by atoms with Gasteiger partial charge in [0.2, 0.25) is 5.95 Å². The van der Waals surface area contributed by atoms with Gasteiger partial charge in [-0.25, -0.2) is 4.68 Å². The van der Waals surface area contributed by atoms with Gasteiger partial charge in [0, 0.05) is 21.1 Å². The highest BCUT2D eigenvalue weighted by molar-refractivity contribution is 7.12. The zero-order chi connectivity index (χ0) is 19.1. The molecule has 0 bridgehead atoms. The van der Waals surface area contributed by atoms with Crippen LogP contribution >= 0.6 is 11.3 Å². The summed E-state index contributed by atoms with van der Waals surface area (Å²) < 4.78 is 1.77. The minimum absolute atomic E-state index is 0.135. The summed E-state index contributed by atoms with van der Waals surface area (Å²) in [6.07, 6.45) is 1.51. The van der Waals surface area contributed by atoms with E-state index in [0.717, 1.165) is 21.8 Å². The van der Waals surface area contributed by atoms with Gasteiger partial charge in [-0.1, -0.05) is 17.7 Å². The van der Waals surface area contributed by atoms with Crippen LogP contribution in [0.3, 0.4) is 0 Å². The van der Waals surface area contributed by atoms with Crippen molar-refractivity contribution in [3.63, 3.8) is 0 Å². The van der Waals surface area contributed by atoms with Crippen LogP contribution in [0.25, 0.3) is 0 Å². The highest BCUT2D eigenvalue weighted by Gasteiger charge is 2.34. The molecule has 0 aliphatic carbocycles. The number of allylic oxidation sites excluding steroid dienone is 1. The van der Waals surface area contributed by atoms with Gasteiger partial charge in [-0.3, -0.25) is 4.79 Å². The van der Waals surface area contributed by atoms with Gasteiger partial charge in [0.1, 0.15) is 12.4 Å². The molecule has 0 spiro atoms. The molecule has 3 heterocycles. The molecule has 27 heavy (non-hydrogen) atoms. The summed E-state index contributed by atoms with van der Waals surface area (Å²) in [5.74, 6) is 0.510. The summed E-state index contributed by atoms with van der Waals surface area (Å²) in [6.45, 7) is 8.00. The molecule has 1 unspecified atom stereocenters. The van der Waals surface area contributed by atoms with Gasteiger partial charge in [-0.05, 0) is 51.5 Å². The zero-order valence-electron chi connectivity index (χ0n) is 15.7. The van der Waals surface area contributed by atoms with Gasteiger partial charge in [0.05, 0.1) is 5.57 Å². The van der Waals surface area contributed by atoms with Crippen molar-refractivity contribution in [3.8, 4) is 0 Å². The fraction of sp³-hybridized carbons (Fsp3) is 0.250. The molecule has 0 radical (unpaired) electrons. The Balaban J connectivity index is 1.75. The normalized spacial score (nSPS) is 16.1. The van der Waals surface area contributed by atoms with Crippen molar-refractivity contribution in [1.82, 2.24) is 14.8 Å². The number of nitrogens with one attached hydrogen (secondary N) is 2. The lowest BCUT2D eigenvalue weighted by atomic mass is 10.0. The van der Waals surface area contributed by atoms with E-state index in [-0.39, 0.29) is 11.9 Å². The monoisotopic (exact) mass is 379 g/mol. The molecule has 138 valence electrons. The van der Waals surface area contributed by atoms with Crippen LogP contribution < -0.4 is 10.6 Å². The second-order valence-electron chi connectivity index (χ2n) is 6.82. The number of carbonyl (C=O) groups is 1. The predicted molar refractivity (Wildman–Crippen MR) is 108 cm³/mol. The zero-order valence-corrected chi connectivity index (χ0v) is 16.5. The highest BCUT2D eigenvalue weighted by Crippen LogP contribution is 2.38. The van der Waals surface area contributed by atoms with Crippen LogP contribution in [0.4, 0.5) is 11.6 Å². The molecule has 3 aromatic rings. The number of benzene rings is 1. The fourth-order valence-corrected chi connectivity index (χ4v) is 4.37. The van der Waals surface area contributed by atoms with Crippen molar-refractivity contribution in [3.05, 3.63) is 68.8 Å². The van der Waals surface area contributed by atoms with Crippen molar-refractivity contribution in [2.75, 3.05) is 10.6 Å². The van der Waals surface area contributed by atoms with E-state index in [9.17, 15) is 4.79 Å². The van der Waals surface area contributed by atoms with Crippen LogP contribution in [-0.2, 0) is 4.79 Å². The Labute approximate surface area is 161 Å². The van der Waals surface area contributed by atoms with Gasteiger partial charge in [0.25, 0.3) is 5.91 Å². The number of hydrogen-bond acceptors (Lipinski definition) is 5. The molecule has 7 heteroatoms. The Kier molecular flexibility index (Phi) is 4.31. The fourth-order valence-electron chi connectivity index (χ4n) is 3.39. The minimum atomic E-state index is -0.298. The summed E-state index contributed by atoms with van der Waals surface area (Å²) >= 11 is 1.67. The number of fused-ring (bicyclic) bond motifs is 1. The quantitative estimate of drug-likeness (QED) is 0.716. The van der Waals surface area contributed by atoms with E-state index in [1.165, 1.54) is 16.8 Å². The van der Waals surface area contributed by atoms with Crippen LogP contribution in [0.2, 0.25) is 0 Å². The van der Waals surface area contributed by atoms with Crippen molar-refractivity contribution < 1.29 is 4.79 Å². The molecule has 4 rings (SSSR count). The molecule has 1 aromatic carbocycles. The average molecular weight is 379 g/mol. The summed E-state index contributed by atoms with van der Waals surface area (Å²) in [5.41, 5.74) is 4.45. The third kappa shape index (κ3) is 3.14. The lowest BCUT2D eigenvalue weighted by Crippen LogP contribution is -2.31. The molecular formula is C20H21N5OS. The van der Waals surface area contributed by atoms with E-state index in [4.69, 9.17) is 0 Å². The number of carbonyl (C=O) groups excluding carboxylic acids is 1. The average Bonchev–Trinajstić information content (AvgIpc) is 3.24. The standard InChI is InChI=1S/C20H21N5OS/c1-11-5-7-15(12(2)9-11)24-19(26)17-14(4)23-20-21-10-22-25(20)18(17)16-8-6-13(3)27-16/h5-10,18H,1-4H3,(H,24,26)(H,21,22,23). The summed E-state index contributed by atoms with van der Waals surface area (Å²) in [7, 11) is 0. The van der Waals surface area contributed by atoms with Crippen LogP contribution in [0.5, 0.6) is 0 Å². The van der Waals surface area contributed by atoms with E-state index in [0.29, 0.717) is 11.5 Å². The second-order valence-corrected chi connectivity index (χ2v) is 8.13. The molecule has 0 saturated heterocycles. The van der Waals surface area contributed by atoms with E-state index in [2.05, 4.69) is 45.8 Å². The first kappa shape index (κ1) is 17.5. The molecule has 1 aliphatic heterocycles. The molecule has 1 aliphatic rings. The first-order valence-electron chi connectivity index (χ1n) is 8.76. The lowest BCUT2D eigenvalue weighted by Gasteiger charge is -2.28. The van der Waals surface area contributed by atoms with E-state index >= 15 is 0 Å². The third-order valence-electron chi connectivity index (χ3n) is 4.70. The largest absolute Gasteiger partial charge is 0.328 e. The first-order chi connectivity index (χ1) is 12.9. The maximum absolute atomic E-state index is 13.3. The van der Waals surface area contributed by atoms with Crippen molar-refractivity contribution in [2.45, 2.75) is 33.7 Å². The van der Waals surface area contributed by atoms with Crippen LogP contribution in [0.1, 0.15) is 33.8 Å². The topological polar surface area (TPSA) is 71.8 Å². The first-order valence-corrected chi connectivity index (χ1v) is 9.58. The maximum Gasteiger partial charge on any atom is 0.255 e. The van der Waals surface area contributed by atoms with E-state index < -0.39 is 0 Å². The van der Waals surface area contributed by atoms with Crippen LogP contribution in [-0.4, -0.2) is 20.7 Å². The Morgan fingerprint density at radius 2 is 2.00 bits per heavy atom. The smallest absolute Gasteiger partial charge is 0.255 e. The Morgan fingerprint density at radius 3 is 2.70 bits per heavy atom. The number of rotatable bonds is 3. The maximum atomic E-state index is 13.3. The van der Waals surface area contributed by atoms with Crippen molar-refractivity contribution >= 4 is 28.9 Å². The SMILES string of the molecule is CC1=C(C(=O)Nc2ccc(C)cc2C)C(c2ccc(C)s2)n2ncnc2N1. The molecule has 0 saturated carbocycles. The third-order valence-corrected chi connectivity index (χ3v) is 5.75. The van der Waals surface area contributed by atoms with Crippen molar-refractivity contribution in [1.29, 1.82) is 0 Å². The molecule has 2 aromatic heterocycles. The van der Waals surface area contributed by atoms with Gasteiger partial charge in [-0.15, -0.1) is 11.3 Å². The number of nitrogens with zero attached hydrogens (tertiary/aromatic N) is 3. The Hall–Kier alpha value is -2.93. The summed E-state index contributed by atoms with van der Waals surface area (Å²) in [6, 6.07) is 9.82. The minimum Gasteiger partial charge on any atom is -0.328 e. The van der Waals surface area contributed by atoms with Gasteiger partial charge >= 0.3 is 0 Å². The number of anilines is 2. The van der Waals surface area contributed by atoms with E-state index in [1.807, 2.05) is 32.9 Å². The Morgan fingerprint density at radius 1 is 1.19 bits per heavy atom. The van der Waals surface area contributed by atoms with E-state index in [1.54, 1.807) is 16.0 Å². The number of aromatic nitrogens is 3. The Bertz CT molecular complexity index is 1060. The summed E-state index contributed by atoms with van der Waals surface area (Å²) in [5, 5.41) is 10.6. The summed E-state index contributed by atoms with van der Waals surface area (Å²) in [4.78, 5) is 19.8. The molecule has 2 N–H and O–H groups in total. The number of amides is 1. The van der Waals surface area contributed by atoms with Crippen molar-refractivity contribution in [2.24, 2.45) is 0 Å². The highest BCUT2D eigenvalue weighted by atomic mass is 32.1. The number of thiophene rings is 1. The predicted octanol–water partition coefficient (Wildman–Crippen LogP) is 4.19. The molecule has 1 atom stereocenters. The van der Waals surface area contributed by atoms with Crippen LogP contribution in [0.15, 0.2) is 47.9 Å². The lowest BCUT2D eigenvalue weighted by molar-refractivity contribution is -0.113. The molecule has 0 fully saturated rings. The molecule has 1 amide bonds. The molecular weight excluding hydrogens is 358 g/mol.